The molecule has 118 valence electrons. The van der Waals surface area contributed by atoms with Crippen LogP contribution in [0.4, 0.5) is 0 Å². The fourth-order valence-electron chi connectivity index (χ4n) is 2.31. The zero-order chi connectivity index (χ0) is 15.4. The molecule has 0 aromatic heterocycles. The Morgan fingerprint density at radius 3 is 2.50 bits per heavy atom. The lowest BCUT2D eigenvalue weighted by Crippen LogP contribution is -2.63. The third-order valence-corrected chi connectivity index (χ3v) is 4.51. The van der Waals surface area contributed by atoms with Gasteiger partial charge in [-0.2, -0.15) is 0 Å². The zero-order valence-corrected chi connectivity index (χ0v) is 13.7. The standard InChI is InChI=1S/C12H26N4O3S/c1-12(2)9(8-10(12)19-4)16-11(13-3)14-6-7-15-20(5,17)18/h9-10,15H,6-8H2,1-5H3,(H2,13,14,16). The molecule has 0 aromatic rings. The van der Waals surface area contributed by atoms with Gasteiger partial charge in [-0.15, -0.1) is 0 Å². The summed E-state index contributed by atoms with van der Waals surface area (Å²) in [4.78, 5) is 4.14. The molecule has 7 nitrogen and oxygen atoms in total. The highest BCUT2D eigenvalue weighted by Gasteiger charge is 2.48. The van der Waals surface area contributed by atoms with Crippen molar-refractivity contribution >= 4 is 16.0 Å². The monoisotopic (exact) mass is 306 g/mol. The summed E-state index contributed by atoms with van der Waals surface area (Å²) in [6.07, 6.45) is 2.33. The van der Waals surface area contributed by atoms with E-state index in [4.69, 9.17) is 4.74 Å². The number of sulfonamides is 1. The van der Waals surface area contributed by atoms with Gasteiger partial charge < -0.3 is 15.4 Å². The van der Waals surface area contributed by atoms with Crippen molar-refractivity contribution in [1.82, 2.24) is 15.4 Å². The number of rotatable bonds is 6. The molecule has 3 N–H and O–H groups in total. The number of hydrogen-bond acceptors (Lipinski definition) is 4. The van der Waals surface area contributed by atoms with Crippen LogP contribution in [0.25, 0.3) is 0 Å². The van der Waals surface area contributed by atoms with Crippen LogP contribution in [0, 0.1) is 5.41 Å². The number of nitrogens with one attached hydrogen (secondary N) is 3. The third kappa shape index (κ3) is 4.60. The van der Waals surface area contributed by atoms with Crippen LogP contribution in [0.1, 0.15) is 20.3 Å². The van der Waals surface area contributed by atoms with Crippen LogP contribution in [0.5, 0.6) is 0 Å². The number of methoxy groups -OCH3 is 1. The van der Waals surface area contributed by atoms with Gasteiger partial charge in [-0.1, -0.05) is 13.8 Å². The molecule has 8 heteroatoms. The summed E-state index contributed by atoms with van der Waals surface area (Å²) in [5, 5.41) is 6.42. The second-order valence-corrected chi connectivity index (χ2v) is 7.48. The van der Waals surface area contributed by atoms with Gasteiger partial charge in [-0.3, -0.25) is 4.99 Å². The van der Waals surface area contributed by atoms with Crippen LogP contribution in [0.2, 0.25) is 0 Å². The molecule has 1 rings (SSSR count). The molecule has 2 atom stereocenters. The Morgan fingerprint density at radius 2 is 2.05 bits per heavy atom. The lowest BCUT2D eigenvalue weighted by atomic mass is 9.64. The van der Waals surface area contributed by atoms with Crippen molar-refractivity contribution in [2.75, 3.05) is 33.5 Å². The first-order valence-corrected chi connectivity index (χ1v) is 8.54. The molecule has 1 fully saturated rings. The number of guanidine groups is 1. The van der Waals surface area contributed by atoms with Crippen molar-refractivity contribution in [3.8, 4) is 0 Å². The molecule has 1 aliphatic carbocycles. The van der Waals surface area contributed by atoms with Gasteiger partial charge >= 0.3 is 0 Å². The van der Waals surface area contributed by atoms with Gasteiger partial charge in [-0.25, -0.2) is 13.1 Å². The fourth-order valence-corrected chi connectivity index (χ4v) is 2.78. The third-order valence-electron chi connectivity index (χ3n) is 3.78. The molecule has 2 unspecified atom stereocenters. The minimum atomic E-state index is -3.14. The van der Waals surface area contributed by atoms with E-state index in [1.165, 1.54) is 0 Å². The highest BCUT2D eigenvalue weighted by Crippen LogP contribution is 2.42. The summed E-state index contributed by atoms with van der Waals surface area (Å²) in [5.41, 5.74) is 0.0530. The molecule has 0 heterocycles. The first kappa shape index (κ1) is 17.2. The predicted octanol–water partition coefficient (Wildman–Crippen LogP) is -0.486. The molecular weight excluding hydrogens is 280 g/mol. The van der Waals surface area contributed by atoms with Crippen LogP contribution in [0.15, 0.2) is 4.99 Å². The Balaban J connectivity index is 2.35. The highest BCUT2D eigenvalue weighted by atomic mass is 32.2. The normalized spacial score (nSPS) is 25.9. The largest absolute Gasteiger partial charge is 0.381 e. The van der Waals surface area contributed by atoms with Gasteiger partial charge in [0.2, 0.25) is 10.0 Å². The van der Waals surface area contributed by atoms with Crippen LogP contribution in [-0.2, 0) is 14.8 Å². The molecule has 20 heavy (non-hydrogen) atoms. The maximum Gasteiger partial charge on any atom is 0.208 e. The topological polar surface area (TPSA) is 91.8 Å². The van der Waals surface area contributed by atoms with Crippen LogP contribution >= 0.6 is 0 Å². The van der Waals surface area contributed by atoms with Crippen molar-refractivity contribution in [3.63, 3.8) is 0 Å². The average Bonchev–Trinajstić information content (AvgIpc) is 2.34. The summed E-state index contributed by atoms with van der Waals surface area (Å²) in [7, 11) is 0.281. The molecular formula is C12H26N4O3S. The quantitative estimate of drug-likeness (QED) is 0.350. The Bertz CT molecular complexity index is 448. The SMILES string of the molecule is CN=C(NCCNS(C)(=O)=O)NC1CC(OC)C1(C)C. The summed E-state index contributed by atoms with van der Waals surface area (Å²) in [5.74, 6) is 0.674. The number of aliphatic imine (C=N–C) groups is 1. The van der Waals surface area contributed by atoms with E-state index in [9.17, 15) is 8.42 Å². The van der Waals surface area contributed by atoms with E-state index < -0.39 is 10.0 Å². The fraction of sp³-hybridized carbons (Fsp3) is 0.917. The predicted molar refractivity (Wildman–Crippen MR) is 80.3 cm³/mol. The summed E-state index contributed by atoms with van der Waals surface area (Å²) in [6.45, 7) is 5.11. The van der Waals surface area contributed by atoms with Crippen molar-refractivity contribution in [1.29, 1.82) is 0 Å². The van der Waals surface area contributed by atoms with Crippen molar-refractivity contribution in [2.45, 2.75) is 32.4 Å². The van der Waals surface area contributed by atoms with Crippen molar-refractivity contribution < 1.29 is 13.2 Å². The second kappa shape index (κ2) is 6.73. The van der Waals surface area contributed by atoms with Gasteiger partial charge in [0.05, 0.1) is 12.4 Å². The second-order valence-electron chi connectivity index (χ2n) is 5.64. The van der Waals surface area contributed by atoms with E-state index in [1.54, 1.807) is 14.2 Å². The lowest BCUT2D eigenvalue weighted by Gasteiger charge is -2.51. The minimum absolute atomic E-state index is 0.0530. The van der Waals surface area contributed by atoms with Crippen molar-refractivity contribution in [2.24, 2.45) is 10.4 Å². The first-order chi connectivity index (χ1) is 9.20. The maximum absolute atomic E-state index is 10.9. The van der Waals surface area contributed by atoms with E-state index in [0.29, 0.717) is 25.1 Å². The van der Waals surface area contributed by atoms with E-state index >= 15 is 0 Å². The molecule has 1 saturated carbocycles. The lowest BCUT2D eigenvalue weighted by molar-refractivity contribution is -0.0922. The molecule has 0 amide bonds. The first-order valence-electron chi connectivity index (χ1n) is 6.65. The van der Waals surface area contributed by atoms with E-state index in [0.717, 1.165) is 12.7 Å². The Morgan fingerprint density at radius 1 is 1.40 bits per heavy atom. The Hall–Kier alpha value is -0.860. The van der Waals surface area contributed by atoms with Gasteiger partial charge in [0.25, 0.3) is 0 Å². The smallest absolute Gasteiger partial charge is 0.208 e. The summed E-state index contributed by atoms with van der Waals surface area (Å²) in [6, 6.07) is 0.293. The molecule has 0 aromatic carbocycles. The van der Waals surface area contributed by atoms with E-state index in [2.05, 4.69) is 34.2 Å². The van der Waals surface area contributed by atoms with Gasteiger partial charge in [0.1, 0.15) is 0 Å². The number of hydrogen-bond donors (Lipinski definition) is 3. The summed E-state index contributed by atoms with van der Waals surface area (Å²) < 4.78 is 29.7. The van der Waals surface area contributed by atoms with Crippen LogP contribution < -0.4 is 15.4 Å². The molecule has 0 spiro atoms. The molecule has 0 aliphatic heterocycles. The van der Waals surface area contributed by atoms with E-state index in [1.807, 2.05) is 0 Å². The van der Waals surface area contributed by atoms with Gasteiger partial charge in [-0.05, 0) is 6.42 Å². The van der Waals surface area contributed by atoms with Gasteiger partial charge in [0.15, 0.2) is 5.96 Å². The zero-order valence-electron chi connectivity index (χ0n) is 12.9. The van der Waals surface area contributed by atoms with Crippen LogP contribution in [-0.4, -0.2) is 60.0 Å². The molecule has 0 saturated heterocycles. The average molecular weight is 306 g/mol. The minimum Gasteiger partial charge on any atom is -0.381 e. The number of nitrogens with zero attached hydrogens (tertiary/aromatic N) is 1. The summed E-state index contributed by atoms with van der Waals surface area (Å²) >= 11 is 0. The van der Waals surface area contributed by atoms with Crippen molar-refractivity contribution in [3.05, 3.63) is 0 Å². The number of ether oxygens (including phenoxy) is 1. The highest BCUT2D eigenvalue weighted by molar-refractivity contribution is 7.88. The molecule has 0 radical (unpaired) electrons. The van der Waals surface area contributed by atoms with Gasteiger partial charge in [0, 0.05) is 38.7 Å². The Kier molecular flexibility index (Phi) is 5.79. The molecule has 0 bridgehead atoms. The van der Waals surface area contributed by atoms with E-state index in [-0.39, 0.29) is 11.5 Å². The van der Waals surface area contributed by atoms with Crippen LogP contribution in [0.3, 0.4) is 0 Å². The Labute approximate surface area is 121 Å². The molecule has 1 aliphatic rings. The maximum atomic E-state index is 10.9.